The van der Waals surface area contributed by atoms with E-state index in [2.05, 4.69) is 6.58 Å². The molecule has 0 aromatic carbocycles. The molecule has 0 aliphatic heterocycles. The SMILES string of the molecule is C=CS(=O)(=O)OC1(C)C2CC3CC(C2)C1C3. The van der Waals surface area contributed by atoms with E-state index in [0.29, 0.717) is 17.8 Å². The van der Waals surface area contributed by atoms with E-state index >= 15 is 0 Å². The smallest absolute Gasteiger partial charge is 0.260 e. The topological polar surface area (TPSA) is 43.4 Å². The molecule has 0 saturated heterocycles. The first kappa shape index (κ1) is 10.8. The first-order chi connectivity index (χ1) is 7.44. The van der Waals surface area contributed by atoms with Gasteiger partial charge in [-0.1, -0.05) is 6.58 Å². The van der Waals surface area contributed by atoms with Gasteiger partial charge in [0.2, 0.25) is 0 Å². The highest BCUT2D eigenvalue weighted by Crippen LogP contribution is 2.64. The molecule has 0 amide bonds. The molecule has 4 fully saturated rings. The van der Waals surface area contributed by atoms with Crippen LogP contribution < -0.4 is 0 Å². The quantitative estimate of drug-likeness (QED) is 0.713. The summed E-state index contributed by atoms with van der Waals surface area (Å²) >= 11 is 0. The van der Waals surface area contributed by atoms with Crippen molar-refractivity contribution >= 4 is 10.1 Å². The number of rotatable bonds is 3. The molecule has 16 heavy (non-hydrogen) atoms. The largest absolute Gasteiger partial charge is 0.290 e. The molecule has 0 aromatic rings. The van der Waals surface area contributed by atoms with Crippen LogP contribution in [0.2, 0.25) is 0 Å². The molecule has 4 aliphatic carbocycles. The monoisotopic (exact) mass is 242 g/mol. The minimum atomic E-state index is -3.54. The Bertz CT molecular complexity index is 424. The Labute approximate surface area is 97.0 Å². The van der Waals surface area contributed by atoms with E-state index in [4.69, 9.17) is 4.18 Å². The number of hydrogen-bond acceptors (Lipinski definition) is 3. The van der Waals surface area contributed by atoms with Gasteiger partial charge in [0.25, 0.3) is 10.1 Å². The lowest BCUT2D eigenvalue weighted by atomic mass is 9.73. The molecule has 4 heteroatoms. The van der Waals surface area contributed by atoms with Gasteiger partial charge in [-0.25, -0.2) is 0 Å². The Morgan fingerprint density at radius 3 is 2.69 bits per heavy atom. The van der Waals surface area contributed by atoms with Crippen molar-refractivity contribution in [1.29, 1.82) is 0 Å². The van der Waals surface area contributed by atoms with Crippen LogP contribution in [-0.4, -0.2) is 14.0 Å². The van der Waals surface area contributed by atoms with E-state index in [-0.39, 0.29) is 0 Å². The van der Waals surface area contributed by atoms with Crippen molar-refractivity contribution in [2.24, 2.45) is 23.7 Å². The van der Waals surface area contributed by atoms with Crippen LogP contribution in [0.1, 0.15) is 32.6 Å². The zero-order valence-electron chi connectivity index (χ0n) is 9.56. The van der Waals surface area contributed by atoms with Crippen LogP contribution in [0.3, 0.4) is 0 Å². The Kier molecular flexibility index (Phi) is 2.09. The highest BCUT2D eigenvalue weighted by molar-refractivity contribution is 7.89. The van der Waals surface area contributed by atoms with Crippen LogP contribution in [0.5, 0.6) is 0 Å². The average molecular weight is 242 g/mol. The molecule has 4 rings (SSSR count). The summed E-state index contributed by atoms with van der Waals surface area (Å²) in [6.45, 7) is 5.31. The van der Waals surface area contributed by atoms with E-state index in [0.717, 1.165) is 30.6 Å². The predicted octanol–water partition coefficient (Wildman–Crippen LogP) is 2.30. The molecule has 4 saturated carbocycles. The lowest BCUT2D eigenvalue weighted by Crippen LogP contribution is -2.44. The molecule has 3 nitrogen and oxygen atoms in total. The minimum Gasteiger partial charge on any atom is -0.260 e. The molecule has 0 spiro atoms. The molecule has 90 valence electrons. The predicted molar refractivity (Wildman–Crippen MR) is 61.0 cm³/mol. The van der Waals surface area contributed by atoms with Crippen LogP contribution in [0.4, 0.5) is 0 Å². The Morgan fingerprint density at radius 1 is 1.31 bits per heavy atom. The summed E-state index contributed by atoms with van der Waals surface area (Å²) in [4.78, 5) is 0. The maximum atomic E-state index is 11.6. The van der Waals surface area contributed by atoms with Crippen molar-refractivity contribution in [3.8, 4) is 0 Å². The summed E-state index contributed by atoms with van der Waals surface area (Å²) in [5.41, 5.74) is -0.454. The molecule has 0 aromatic heterocycles. The second-order valence-corrected chi connectivity index (χ2v) is 7.28. The first-order valence-electron chi connectivity index (χ1n) is 6.02. The normalized spacial score (nSPS) is 49.8. The minimum absolute atomic E-state index is 0.435. The van der Waals surface area contributed by atoms with E-state index < -0.39 is 15.7 Å². The van der Waals surface area contributed by atoms with Gasteiger partial charge in [-0.2, -0.15) is 8.42 Å². The van der Waals surface area contributed by atoms with Crippen LogP contribution in [0, 0.1) is 23.7 Å². The van der Waals surface area contributed by atoms with Gasteiger partial charge in [-0.15, -0.1) is 0 Å². The van der Waals surface area contributed by atoms with Gasteiger partial charge >= 0.3 is 0 Å². The fourth-order valence-corrected chi connectivity index (χ4v) is 5.27. The Hall–Kier alpha value is -0.350. The van der Waals surface area contributed by atoms with Crippen molar-refractivity contribution in [1.82, 2.24) is 0 Å². The Morgan fingerprint density at radius 2 is 2.06 bits per heavy atom. The average Bonchev–Trinajstić information content (AvgIpc) is 2.59. The third-order valence-corrected chi connectivity index (χ3v) is 6.04. The van der Waals surface area contributed by atoms with Crippen molar-refractivity contribution in [3.05, 3.63) is 12.0 Å². The maximum Gasteiger partial charge on any atom is 0.290 e. The van der Waals surface area contributed by atoms with Crippen molar-refractivity contribution in [2.75, 3.05) is 0 Å². The molecule has 4 aliphatic rings. The highest BCUT2D eigenvalue weighted by atomic mass is 32.2. The molecule has 5 atom stereocenters. The highest BCUT2D eigenvalue weighted by Gasteiger charge is 2.62. The van der Waals surface area contributed by atoms with E-state index in [9.17, 15) is 8.42 Å². The molecule has 0 radical (unpaired) electrons. The standard InChI is InChI=1S/C12H18O3S/c1-3-16(13,14)15-12(2)10-5-8-4-9(7-10)11(12)6-8/h3,8-11H,1,4-7H2,2H3. The fraction of sp³-hybridized carbons (Fsp3) is 0.833. The van der Waals surface area contributed by atoms with Gasteiger partial charge in [0, 0.05) is 0 Å². The maximum absolute atomic E-state index is 11.6. The van der Waals surface area contributed by atoms with E-state index in [1.807, 2.05) is 6.92 Å². The third-order valence-electron chi connectivity index (χ3n) is 5.04. The fourth-order valence-electron chi connectivity index (χ4n) is 4.44. The van der Waals surface area contributed by atoms with Gasteiger partial charge in [0.05, 0.1) is 11.0 Å². The summed E-state index contributed by atoms with van der Waals surface area (Å²) in [6.07, 6.45) is 4.75. The summed E-state index contributed by atoms with van der Waals surface area (Å²) in [6, 6.07) is 0. The zero-order valence-corrected chi connectivity index (χ0v) is 10.4. The molecule has 0 N–H and O–H groups in total. The van der Waals surface area contributed by atoms with Crippen molar-refractivity contribution in [2.45, 2.75) is 38.2 Å². The van der Waals surface area contributed by atoms with Crippen LogP contribution >= 0.6 is 0 Å². The van der Waals surface area contributed by atoms with Crippen LogP contribution in [-0.2, 0) is 14.3 Å². The molecule has 4 bridgehead atoms. The summed E-state index contributed by atoms with van der Waals surface area (Å²) in [7, 11) is -3.54. The van der Waals surface area contributed by atoms with Gasteiger partial charge in [0.15, 0.2) is 0 Å². The first-order valence-corrected chi connectivity index (χ1v) is 7.50. The van der Waals surface area contributed by atoms with Gasteiger partial charge in [-0.05, 0) is 56.3 Å². The molecular weight excluding hydrogens is 224 g/mol. The number of hydrogen-bond donors (Lipinski definition) is 0. The lowest BCUT2D eigenvalue weighted by molar-refractivity contribution is -0.0164. The zero-order chi connectivity index (χ0) is 11.6. The molecule has 5 unspecified atom stereocenters. The summed E-state index contributed by atoms with van der Waals surface area (Å²) in [5, 5.41) is 0.927. The summed E-state index contributed by atoms with van der Waals surface area (Å²) in [5.74, 6) is 2.42. The van der Waals surface area contributed by atoms with Crippen molar-refractivity contribution < 1.29 is 12.6 Å². The van der Waals surface area contributed by atoms with E-state index in [1.165, 1.54) is 6.42 Å². The second-order valence-electron chi connectivity index (χ2n) is 5.80. The lowest BCUT2D eigenvalue weighted by Gasteiger charge is -2.40. The Balaban J connectivity index is 1.92. The van der Waals surface area contributed by atoms with Crippen LogP contribution in [0.15, 0.2) is 12.0 Å². The van der Waals surface area contributed by atoms with Crippen molar-refractivity contribution in [3.63, 3.8) is 0 Å². The van der Waals surface area contributed by atoms with Gasteiger partial charge in [0.1, 0.15) is 0 Å². The van der Waals surface area contributed by atoms with Gasteiger partial charge < -0.3 is 0 Å². The summed E-state index contributed by atoms with van der Waals surface area (Å²) < 4.78 is 28.6. The second kappa shape index (κ2) is 3.10. The molecular formula is C12H18O3S. The van der Waals surface area contributed by atoms with Crippen LogP contribution in [0.25, 0.3) is 0 Å². The third kappa shape index (κ3) is 1.32. The van der Waals surface area contributed by atoms with Gasteiger partial charge in [-0.3, -0.25) is 4.18 Å². The van der Waals surface area contributed by atoms with E-state index in [1.54, 1.807) is 0 Å². The molecule has 0 heterocycles.